The van der Waals surface area contributed by atoms with Crippen molar-refractivity contribution in [2.75, 3.05) is 6.61 Å². The van der Waals surface area contributed by atoms with Crippen LogP contribution in [0.1, 0.15) is 50.0 Å². The summed E-state index contributed by atoms with van der Waals surface area (Å²) in [6, 6.07) is 11.7. The highest BCUT2D eigenvalue weighted by Gasteiger charge is 2.33. The van der Waals surface area contributed by atoms with E-state index in [1.807, 2.05) is 0 Å². The van der Waals surface area contributed by atoms with Crippen LogP contribution in [-0.2, 0) is 4.79 Å². The third kappa shape index (κ3) is 6.17. The van der Waals surface area contributed by atoms with Crippen molar-refractivity contribution in [3.05, 3.63) is 64.7 Å². The highest BCUT2D eigenvalue weighted by Crippen LogP contribution is 2.38. The van der Waals surface area contributed by atoms with Crippen LogP contribution >= 0.6 is 11.6 Å². The normalized spacial score (nSPS) is 25.5. The van der Waals surface area contributed by atoms with Gasteiger partial charge in [-0.3, -0.25) is 4.79 Å². The van der Waals surface area contributed by atoms with E-state index in [1.165, 1.54) is 12.1 Å². The molecule has 7 heteroatoms. The van der Waals surface area contributed by atoms with Crippen LogP contribution in [0.2, 0.25) is 5.02 Å². The lowest BCUT2D eigenvalue weighted by Gasteiger charge is -2.40. The van der Waals surface area contributed by atoms with Crippen molar-refractivity contribution >= 4 is 17.5 Å². The molecule has 0 bridgehead atoms. The minimum Gasteiger partial charge on any atom is -0.484 e. The summed E-state index contributed by atoms with van der Waals surface area (Å²) in [5, 5.41) is 7.35. The first-order valence-electron chi connectivity index (χ1n) is 10.8. The number of amides is 1. The summed E-state index contributed by atoms with van der Waals surface area (Å²) in [6.07, 6.45) is 5.66. The topological polar surface area (TPSA) is 50.4 Å². The SMILES string of the molecule is O=C(COc1ccc(Cl)cc1)NC1CCC(NC2CC(c3cc(F)cc(F)c3)C2)CC1. The molecule has 2 aliphatic rings. The Bertz CT molecular complexity index is 875. The molecule has 4 rings (SSSR count). The van der Waals surface area contributed by atoms with Gasteiger partial charge in [-0.05, 0) is 86.4 Å². The molecule has 0 saturated heterocycles. The molecule has 2 fully saturated rings. The van der Waals surface area contributed by atoms with Gasteiger partial charge in [-0.15, -0.1) is 0 Å². The zero-order valence-corrected chi connectivity index (χ0v) is 18.0. The minimum absolute atomic E-state index is 0.00997. The molecule has 2 aliphatic carbocycles. The van der Waals surface area contributed by atoms with E-state index in [-0.39, 0.29) is 24.5 Å². The Morgan fingerprint density at radius 3 is 2.19 bits per heavy atom. The van der Waals surface area contributed by atoms with Gasteiger partial charge < -0.3 is 15.4 Å². The van der Waals surface area contributed by atoms with E-state index in [4.69, 9.17) is 16.3 Å². The van der Waals surface area contributed by atoms with Crippen LogP contribution in [-0.4, -0.2) is 30.6 Å². The fraction of sp³-hybridized carbons (Fsp3) is 0.458. The van der Waals surface area contributed by atoms with Gasteiger partial charge in [0.25, 0.3) is 5.91 Å². The lowest BCUT2D eigenvalue weighted by atomic mass is 9.75. The quantitative estimate of drug-likeness (QED) is 0.629. The molecule has 0 unspecified atom stereocenters. The number of halogens is 3. The van der Waals surface area contributed by atoms with Crippen molar-refractivity contribution < 1.29 is 18.3 Å². The van der Waals surface area contributed by atoms with Crippen molar-refractivity contribution in [2.45, 2.75) is 62.6 Å². The lowest BCUT2D eigenvalue weighted by Crippen LogP contribution is -2.49. The number of hydrogen-bond donors (Lipinski definition) is 2. The third-order valence-electron chi connectivity index (χ3n) is 6.24. The molecule has 0 atom stereocenters. The number of nitrogens with one attached hydrogen (secondary N) is 2. The largest absolute Gasteiger partial charge is 0.484 e. The summed E-state index contributed by atoms with van der Waals surface area (Å²) in [7, 11) is 0. The van der Waals surface area contributed by atoms with Gasteiger partial charge in [0.2, 0.25) is 0 Å². The molecular weight excluding hydrogens is 422 g/mol. The highest BCUT2D eigenvalue weighted by molar-refractivity contribution is 6.30. The van der Waals surface area contributed by atoms with Crippen LogP contribution in [0.3, 0.4) is 0 Å². The average molecular weight is 449 g/mol. The Morgan fingerprint density at radius 2 is 1.55 bits per heavy atom. The summed E-state index contributed by atoms with van der Waals surface area (Å²) in [4.78, 5) is 12.2. The zero-order valence-electron chi connectivity index (χ0n) is 17.3. The number of rotatable bonds is 7. The third-order valence-corrected chi connectivity index (χ3v) is 6.49. The summed E-state index contributed by atoms with van der Waals surface area (Å²) >= 11 is 5.84. The maximum absolute atomic E-state index is 13.4. The molecule has 31 heavy (non-hydrogen) atoms. The molecule has 0 aliphatic heterocycles. The van der Waals surface area contributed by atoms with Crippen molar-refractivity contribution in [3.63, 3.8) is 0 Å². The fourth-order valence-electron chi connectivity index (χ4n) is 4.52. The minimum atomic E-state index is -0.509. The van der Waals surface area contributed by atoms with Gasteiger partial charge in [0.1, 0.15) is 17.4 Å². The summed E-state index contributed by atoms with van der Waals surface area (Å²) in [5.41, 5.74) is 0.753. The summed E-state index contributed by atoms with van der Waals surface area (Å²) < 4.78 is 32.3. The van der Waals surface area contributed by atoms with Gasteiger partial charge in [0.05, 0.1) is 0 Å². The first-order chi connectivity index (χ1) is 14.9. The predicted molar refractivity (Wildman–Crippen MR) is 116 cm³/mol. The van der Waals surface area contributed by atoms with Crippen LogP contribution in [0.15, 0.2) is 42.5 Å². The number of ether oxygens (including phenoxy) is 1. The molecule has 4 nitrogen and oxygen atoms in total. The molecule has 2 N–H and O–H groups in total. The molecule has 0 aromatic heterocycles. The smallest absolute Gasteiger partial charge is 0.258 e. The molecule has 2 aromatic rings. The molecule has 0 heterocycles. The van der Waals surface area contributed by atoms with Crippen molar-refractivity contribution in [1.29, 1.82) is 0 Å². The van der Waals surface area contributed by atoms with E-state index in [9.17, 15) is 13.6 Å². The number of benzene rings is 2. The van der Waals surface area contributed by atoms with Crippen LogP contribution in [0.4, 0.5) is 8.78 Å². The molecule has 2 aromatic carbocycles. The molecule has 0 radical (unpaired) electrons. The van der Waals surface area contributed by atoms with E-state index < -0.39 is 11.6 Å². The summed E-state index contributed by atoms with van der Waals surface area (Å²) in [6.45, 7) is -0.00997. The van der Waals surface area contributed by atoms with E-state index >= 15 is 0 Å². The second-order valence-corrected chi connectivity index (χ2v) is 9.03. The van der Waals surface area contributed by atoms with Gasteiger partial charge in [-0.2, -0.15) is 0 Å². The maximum Gasteiger partial charge on any atom is 0.258 e. The van der Waals surface area contributed by atoms with Crippen molar-refractivity contribution in [2.24, 2.45) is 0 Å². The second kappa shape index (κ2) is 9.96. The Labute approximate surface area is 186 Å². The standard InChI is InChI=1S/C24H27ClF2N2O2/c25-17-1-7-23(8-2-17)31-14-24(30)29-21-5-3-20(4-6-21)28-22-11-16(12-22)15-9-18(26)13-19(27)10-15/h1-2,7-10,13,16,20-22,28H,3-6,11-12,14H2,(H,29,30). The number of carbonyl (C=O) groups is 1. The molecule has 166 valence electrons. The van der Waals surface area contributed by atoms with Crippen LogP contribution in [0.25, 0.3) is 0 Å². The summed E-state index contributed by atoms with van der Waals surface area (Å²) in [5.74, 6) is -0.294. The van der Waals surface area contributed by atoms with Crippen molar-refractivity contribution in [3.8, 4) is 5.75 Å². The van der Waals surface area contributed by atoms with E-state index in [0.29, 0.717) is 22.9 Å². The van der Waals surface area contributed by atoms with E-state index in [1.54, 1.807) is 24.3 Å². The molecular formula is C24H27ClF2N2O2. The number of carbonyl (C=O) groups excluding carboxylic acids is 1. The maximum atomic E-state index is 13.4. The zero-order chi connectivity index (χ0) is 21.8. The fourth-order valence-corrected chi connectivity index (χ4v) is 4.65. The second-order valence-electron chi connectivity index (χ2n) is 8.59. The average Bonchev–Trinajstić information content (AvgIpc) is 2.70. The Balaban J connectivity index is 1.13. The van der Waals surface area contributed by atoms with Crippen molar-refractivity contribution in [1.82, 2.24) is 10.6 Å². The Hall–Kier alpha value is -2.18. The van der Waals surface area contributed by atoms with Crippen LogP contribution < -0.4 is 15.4 Å². The molecule has 2 saturated carbocycles. The van der Waals surface area contributed by atoms with E-state index in [2.05, 4.69) is 10.6 Å². The monoisotopic (exact) mass is 448 g/mol. The van der Waals surface area contributed by atoms with Crippen LogP contribution in [0.5, 0.6) is 5.75 Å². The van der Waals surface area contributed by atoms with Gasteiger partial charge in [0.15, 0.2) is 6.61 Å². The number of hydrogen-bond acceptors (Lipinski definition) is 3. The van der Waals surface area contributed by atoms with Gasteiger partial charge >= 0.3 is 0 Å². The highest BCUT2D eigenvalue weighted by atomic mass is 35.5. The van der Waals surface area contributed by atoms with Gasteiger partial charge in [-0.1, -0.05) is 11.6 Å². The van der Waals surface area contributed by atoms with E-state index in [0.717, 1.165) is 50.2 Å². The molecule has 0 spiro atoms. The van der Waals surface area contributed by atoms with Gasteiger partial charge in [-0.25, -0.2) is 8.78 Å². The molecule has 1 amide bonds. The van der Waals surface area contributed by atoms with Gasteiger partial charge in [0, 0.05) is 29.2 Å². The van der Waals surface area contributed by atoms with Crippen LogP contribution in [0, 0.1) is 11.6 Å². The first kappa shape index (κ1) is 22.0. The lowest BCUT2D eigenvalue weighted by molar-refractivity contribution is -0.124. The predicted octanol–water partition coefficient (Wildman–Crippen LogP) is 4.96. The first-order valence-corrected chi connectivity index (χ1v) is 11.2. The Morgan fingerprint density at radius 1 is 0.935 bits per heavy atom. The Kier molecular flexibility index (Phi) is 7.08.